The number of rotatable bonds is 38. The van der Waals surface area contributed by atoms with Gasteiger partial charge in [0.15, 0.2) is 56.3 Å². The molecular formula is C85H120N4O28S2. The average Bonchev–Trinajstić information content (AvgIpc) is 1.61. The predicted octanol–water partition coefficient (Wildman–Crippen LogP) is 9.89. The third-order valence-corrected chi connectivity index (χ3v) is 24.2. The fourth-order valence-corrected chi connectivity index (χ4v) is 19.4. The Bertz CT molecular complexity index is 4160. The van der Waals surface area contributed by atoms with Gasteiger partial charge in [0.25, 0.3) is 11.8 Å². The van der Waals surface area contributed by atoms with Crippen molar-refractivity contribution < 1.29 is 132 Å². The Morgan fingerprint density at radius 1 is 0.403 bits per heavy atom. The van der Waals surface area contributed by atoms with E-state index in [0.717, 1.165) is 94.9 Å². The number of fused-ring (bicyclic) bond motifs is 2. The highest BCUT2D eigenvalue weighted by Gasteiger charge is 2.54. The van der Waals surface area contributed by atoms with E-state index in [1.807, 2.05) is 65.7 Å². The van der Waals surface area contributed by atoms with Gasteiger partial charge in [0.1, 0.15) is 13.2 Å². The van der Waals surface area contributed by atoms with Gasteiger partial charge in [-0.1, -0.05) is 111 Å². The number of hydrogen-bond acceptors (Lipinski definition) is 30. The van der Waals surface area contributed by atoms with Crippen LogP contribution in [0.25, 0.3) is 0 Å². The van der Waals surface area contributed by atoms with E-state index in [-0.39, 0.29) is 40.1 Å². The van der Waals surface area contributed by atoms with E-state index in [1.54, 1.807) is 72.8 Å². The van der Waals surface area contributed by atoms with Gasteiger partial charge in [0.2, 0.25) is 12.2 Å². The summed E-state index contributed by atoms with van der Waals surface area (Å²) in [5.41, 5.74) is 1.34. The van der Waals surface area contributed by atoms with Crippen molar-refractivity contribution in [2.45, 2.75) is 264 Å². The summed E-state index contributed by atoms with van der Waals surface area (Å²) >= 11 is 0. The Kier molecular flexibility index (Phi) is 39.1. The van der Waals surface area contributed by atoms with E-state index >= 15 is 0 Å². The molecule has 6 rings (SSSR count). The summed E-state index contributed by atoms with van der Waals surface area (Å²) in [6, 6.07) is 22.9. The van der Waals surface area contributed by atoms with Crippen molar-refractivity contribution in [3.05, 3.63) is 107 Å². The van der Waals surface area contributed by atoms with Crippen LogP contribution in [0.1, 0.15) is 215 Å². The van der Waals surface area contributed by atoms with Crippen molar-refractivity contribution >= 4 is 114 Å². The van der Waals surface area contributed by atoms with Gasteiger partial charge in [0.05, 0.1) is 33.5 Å². The number of aliphatic hydroxyl groups is 2. The fourth-order valence-electron chi connectivity index (χ4n) is 15.0. The first-order valence-corrected chi connectivity index (χ1v) is 42.5. The highest BCUT2D eigenvalue weighted by Crippen LogP contribution is 2.53. The number of aliphatic hydroxyl groups excluding tert-OH is 2. The van der Waals surface area contributed by atoms with Gasteiger partial charge in [-0.3, -0.25) is 57.5 Å². The molecule has 2 amide bonds. The first kappa shape index (κ1) is 101. The van der Waals surface area contributed by atoms with Crippen LogP contribution in [-0.2, 0) is 125 Å². The number of amides is 2. The summed E-state index contributed by atoms with van der Waals surface area (Å²) in [6.07, 6.45) is -9.59. The Balaban J connectivity index is 0.000000496. The lowest BCUT2D eigenvalue weighted by Gasteiger charge is -2.40. The first-order chi connectivity index (χ1) is 55.3. The molecule has 0 saturated heterocycles. The number of benzene rings is 4. The lowest BCUT2D eigenvalue weighted by Crippen LogP contribution is -2.56. The highest BCUT2D eigenvalue weighted by molar-refractivity contribution is 7.91. The quantitative estimate of drug-likeness (QED) is 0.0239. The van der Waals surface area contributed by atoms with Gasteiger partial charge in [-0.25, -0.2) is 16.8 Å². The van der Waals surface area contributed by atoms with Gasteiger partial charge in [-0.2, -0.15) is 0 Å². The van der Waals surface area contributed by atoms with Crippen LogP contribution in [0.5, 0.6) is 0 Å². The first-order valence-electron chi connectivity index (χ1n) is 39.2. The minimum absolute atomic E-state index is 0. The van der Waals surface area contributed by atoms with E-state index in [4.69, 9.17) is 47.4 Å². The molecule has 12 atom stereocenters. The van der Waals surface area contributed by atoms with Crippen molar-refractivity contribution in [2.75, 3.05) is 73.3 Å². The van der Waals surface area contributed by atoms with Crippen LogP contribution in [-0.4, -0.2) is 213 Å². The molecule has 0 fully saturated rings. The molecule has 0 aromatic heterocycles. The van der Waals surface area contributed by atoms with E-state index in [0.29, 0.717) is 85.0 Å². The third-order valence-electron chi connectivity index (χ3n) is 20.2. The standard InChI is InChI=1S/2C42H58N2O14S.CH4/c2*1-10-12-19-42(20-13-11-2)24-59(52,53)35-18-17-32(44(8)9)22-33(35)36(40(42)50)30-15-14-16-31(21-30)43-41(51)39(58-29(7)49)38(57-28(6)48)37(56-27(5)47)34(55-26(4)46)23-54-25(3)45;/h2*14-18,21-22,34,36-40,50H,10-13,19-20,23-24H2,1-9H3,(H,43,51);1H4/t34-,36+,37-,38+,39-,40+;34-,36-,37-,38+,39-,40-;/m11./s1. The van der Waals surface area contributed by atoms with Gasteiger partial charge in [-0.15, -0.1) is 0 Å². The average molecular weight is 1710 g/mol. The second-order valence-corrected chi connectivity index (χ2v) is 34.1. The molecule has 0 radical (unpaired) electrons. The topological polar surface area (TPSA) is 436 Å². The van der Waals surface area contributed by atoms with Crippen LogP contribution in [0.4, 0.5) is 22.7 Å². The van der Waals surface area contributed by atoms with Crippen molar-refractivity contribution in [3.8, 4) is 0 Å². The maximum Gasteiger partial charge on any atom is 0.303 e. The number of ether oxygens (including phenoxy) is 10. The summed E-state index contributed by atoms with van der Waals surface area (Å²) in [5.74, 6) is -13.8. The molecule has 0 bridgehead atoms. The molecule has 0 aliphatic carbocycles. The zero-order chi connectivity index (χ0) is 88.5. The Labute approximate surface area is 697 Å². The van der Waals surface area contributed by atoms with Crippen molar-refractivity contribution in [3.63, 3.8) is 0 Å². The summed E-state index contributed by atoms with van der Waals surface area (Å²) in [5, 5.41) is 30.6. The normalized spacial score (nSPS) is 18.5. The lowest BCUT2D eigenvalue weighted by molar-refractivity contribution is -0.202. The van der Waals surface area contributed by atoms with Gasteiger partial charge in [-0.05, 0) is 109 Å². The molecule has 32 nitrogen and oxygen atoms in total. The molecule has 4 aromatic rings. The van der Waals surface area contributed by atoms with Crippen LogP contribution in [0.15, 0.2) is 94.7 Å². The van der Waals surface area contributed by atoms with Crippen molar-refractivity contribution in [2.24, 2.45) is 10.8 Å². The maximum absolute atomic E-state index is 14.3. The Morgan fingerprint density at radius 2 is 0.689 bits per heavy atom. The molecule has 660 valence electrons. The Hall–Kier alpha value is -10.1. The number of carbonyl (C=O) groups excluding carboxylic acids is 12. The molecular weight excluding hydrogens is 1590 g/mol. The summed E-state index contributed by atoms with van der Waals surface area (Å²) in [4.78, 5) is 155. The molecule has 119 heavy (non-hydrogen) atoms. The minimum atomic E-state index is -3.91. The number of hydrogen-bond donors (Lipinski definition) is 4. The minimum Gasteiger partial charge on any atom is -0.462 e. The molecule has 4 N–H and O–H groups in total. The SMILES string of the molecule is C.CCCCC1(CCCC)CS(=O)(=O)c2ccc(N(C)C)cc2[C@@H](c2cccc(NC(=O)[C@H](OC(C)=O)[C@@H](OC(C)=O)[C@H](OC(C)=O)[C@@H](COC(C)=O)OC(C)=O)c2)[C@H]1O.CCCCC1(CCCC)CS(=O)(=O)c2ccc(N(C)C)cc2[C@H](c2cccc(NC(=O)[C@H](OC(C)=O)[C@@H](OC(C)=O)[C@H](OC(C)=O)[C@@H](COC(C)=O)OC(C)=O)c2)[C@@H]1O. The van der Waals surface area contributed by atoms with Crippen LogP contribution < -0.4 is 20.4 Å². The fraction of sp³-hybridized carbons (Fsp3) is 0.576. The Morgan fingerprint density at radius 3 is 0.950 bits per heavy atom. The second kappa shape index (κ2) is 45.9. The number of sulfone groups is 2. The molecule has 2 heterocycles. The molecule has 0 saturated carbocycles. The van der Waals surface area contributed by atoms with Crippen LogP contribution in [0, 0.1) is 10.8 Å². The number of nitrogens with zero attached hydrogens (tertiary/aromatic N) is 2. The summed E-state index contributed by atoms with van der Waals surface area (Å²) in [6.45, 7) is 16.7. The van der Waals surface area contributed by atoms with E-state index in [9.17, 15) is 84.6 Å². The van der Waals surface area contributed by atoms with Gasteiger partial charge in [0, 0.05) is 143 Å². The number of esters is 10. The molecule has 2 aliphatic rings. The van der Waals surface area contributed by atoms with Crippen molar-refractivity contribution in [1.82, 2.24) is 0 Å². The zero-order valence-electron chi connectivity index (χ0n) is 70.5. The van der Waals surface area contributed by atoms with Crippen LogP contribution >= 0.6 is 0 Å². The predicted molar refractivity (Wildman–Crippen MR) is 439 cm³/mol. The van der Waals surface area contributed by atoms with E-state index < -0.39 is 188 Å². The molecule has 0 spiro atoms. The number of nitrogens with one attached hydrogen (secondary N) is 2. The molecule has 0 unspecified atom stereocenters. The number of unbranched alkanes of at least 4 members (excludes halogenated alkanes) is 4. The second-order valence-electron chi connectivity index (χ2n) is 30.2. The van der Waals surface area contributed by atoms with E-state index in [2.05, 4.69) is 10.6 Å². The zero-order valence-corrected chi connectivity index (χ0v) is 72.2. The third kappa shape index (κ3) is 28.6. The largest absolute Gasteiger partial charge is 0.462 e. The molecule has 34 heteroatoms. The summed E-state index contributed by atoms with van der Waals surface area (Å²) < 4.78 is 110. The maximum atomic E-state index is 14.3. The van der Waals surface area contributed by atoms with Crippen LogP contribution in [0.3, 0.4) is 0 Å². The molecule has 2 aliphatic heterocycles. The van der Waals surface area contributed by atoms with Crippen LogP contribution in [0.2, 0.25) is 0 Å². The highest BCUT2D eigenvalue weighted by atomic mass is 32.2. The molecule has 4 aromatic carbocycles. The monoisotopic (exact) mass is 1710 g/mol. The van der Waals surface area contributed by atoms with Crippen molar-refractivity contribution in [1.29, 1.82) is 0 Å². The smallest absolute Gasteiger partial charge is 0.303 e. The number of anilines is 4. The van der Waals surface area contributed by atoms with Gasteiger partial charge >= 0.3 is 59.7 Å². The van der Waals surface area contributed by atoms with Gasteiger partial charge < -0.3 is 78.0 Å². The van der Waals surface area contributed by atoms with E-state index in [1.165, 1.54) is 12.1 Å². The lowest BCUT2D eigenvalue weighted by atomic mass is 9.68. The summed E-state index contributed by atoms with van der Waals surface area (Å²) in [7, 11) is -0.536. The number of carbonyl (C=O) groups is 12.